The van der Waals surface area contributed by atoms with Gasteiger partial charge in [-0.25, -0.2) is 13.6 Å². The molecule has 2 amide bonds. The van der Waals surface area contributed by atoms with Gasteiger partial charge in [-0.05, 0) is 30.2 Å². The first kappa shape index (κ1) is 23.1. The number of benzene rings is 2. The largest absolute Gasteiger partial charge is 0.395 e. The fourth-order valence-electron chi connectivity index (χ4n) is 3.11. The number of allylic oxidation sites excluding steroid dienone is 3. The molecule has 3 rings (SSSR count). The van der Waals surface area contributed by atoms with Crippen molar-refractivity contribution in [3.05, 3.63) is 102 Å². The highest BCUT2D eigenvalue weighted by Gasteiger charge is 2.37. The molecule has 0 spiro atoms. The van der Waals surface area contributed by atoms with Gasteiger partial charge in [0.1, 0.15) is 11.6 Å². The highest BCUT2D eigenvalue weighted by atomic mass is 19.4. The number of nitrogens with one attached hydrogen (secondary N) is 3. The highest BCUT2D eigenvalue weighted by molar-refractivity contribution is 5.77. The zero-order valence-corrected chi connectivity index (χ0v) is 16.7. The minimum absolute atomic E-state index is 0.0318. The Hall–Kier alpha value is -3.62. The molecule has 2 aromatic rings. The number of anilines is 1. The molecule has 32 heavy (non-hydrogen) atoms. The van der Waals surface area contributed by atoms with Crippen molar-refractivity contribution in [1.29, 1.82) is 0 Å². The third-order valence-corrected chi connectivity index (χ3v) is 4.76. The molecule has 4 nitrogen and oxygen atoms in total. The van der Waals surface area contributed by atoms with E-state index in [9.17, 15) is 26.7 Å². The summed E-state index contributed by atoms with van der Waals surface area (Å²) in [6, 6.07) is 10.1. The molecule has 1 aliphatic rings. The quantitative estimate of drug-likeness (QED) is 0.477. The summed E-state index contributed by atoms with van der Waals surface area (Å²) in [5.41, 5.74) is 1.00. The lowest BCUT2D eigenvalue weighted by Gasteiger charge is -2.24. The Labute approximate surface area is 181 Å². The van der Waals surface area contributed by atoms with Crippen LogP contribution in [0.2, 0.25) is 0 Å². The Morgan fingerprint density at radius 3 is 2.38 bits per heavy atom. The summed E-state index contributed by atoms with van der Waals surface area (Å²) in [5, 5.41) is 7.90. The van der Waals surface area contributed by atoms with Gasteiger partial charge in [0.05, 0.1) is 17.6 Å². The van der Waals surface area contributed by atoms with E-state index in [0.717, 1.165) is 12.1 Å². The zero-order chi connectivity index (χ0) is 23.3. The molecule has 2 atom stereocenters. The molecule has 1 aliphatic carbocycles. The monoisotopic (exact) mass is 449 g/mol. The number of halogens is 5. The van der Waals surface area contributed by atoms with Gasteiger partial charge >= 0.3 is 12.2 Å². The second-order valence-corrected chi connectivity index (χ2v) is 7.12. The molecule has 9 heteroatoms. The third-order valence-electron chi connectivity index (χ3n) is 4.76. The summed E-state index contributed by atoms with van der Waals surface area (Å²) in [6.45, 7) is 3.86. The van der Waals surface area contributed by atoms with E-state index < -0.39 is 35.8 Å². The lowest BCUT2D eigenvalue weighted by molar-refractivity contribution is -0.160. The molecule has 1 unspecified atom stereocenters. The Morgan fingerprint density at radius 1 is 1.06 bits per heavy atom. The van der Waals surface area contributed by atoms with Crippen molar-refractivity contribution in [2.45, 2.75) is 18.6 Å². The maximum atomic E-state index is 14.0. The second kappa shape index (κ2) is 9.67. The minimum atomic E-state index is -4.35. The van der Waals surface area contributed by atoms with E-state index in [1.165, 1.54) is 18.2 Å². The molecule has 0 aromatic heterocycles. The molecule has 0 fully saturated rings. The van der Waals surface area contributed by atoms with Crippen molar-refractivity contribution < 1.29 is 26.7 Å². The SMILES string of the molecule is C=C(Nc1ccc(F)cc1F)[C@H](NC(=O)NC1=CCC(C(F)(F)F)C=C1)c1ccccc1. The number of hydrogen-bond donors (Lipinski definition) is 3. The molecule has 0 aliphatic heterocycles. The standard InChI is InChI=1S/C23H20F5N3O/c1-14(29-20-12-9-17(24)13-19(20)25)21(15-5-3-2-4-6-15)31-22(32)30-18-10-7-16(8-11-18)23(26,27)28/h2-7,9-13,16,21,29H,1,8H2,(H2,30,31,32)/t16?,21-/m0/s1. The van der Waals surface area contributed by atoms with Crippen molar-refractivity contribution in [2.24, 2.45) is 5.92 Å². The number of amides is 2. The first-order chi connectivity index (χ1) is 15.1. The minimum Gasteiger partial charge on any atom is -0.355 e. The third kappa shape index (κ3) is 5.96. The van der Waals surface area contributed by atoms with Gasteiger partial charge in [-0.2, -0.15) is 13.2 Å². The van der Waals surface area contributed by atoms with E-state index in [-0.39, 0.29) is 23.5 Å². The Kier molecular flexibility index (Phi) is 6.97. The van der Waals surface area contributed by atoms with Gasteiger partial charge in [0.15, 0.2) is 0 Å². The van der Waals surface area contributed by atoms with Gasteiger partial charge in [0, 0.05) is 17.5 Å². The average Bonchev–Trinajstić information content (AvgIpc) is 2.74. The molecular formula is C23H20F5N3O. The molecule has 0 radical (unpaired) electrons. The van der Waals surface area contributed by atoms with Crippen LogP contribution in [0.1, 0.15) is 18.0 Å². The van der Waals surface area contributed by atoms with Crippen molar-refractivity contribution >= 4 is 11.7 Å². The zero-order valence-electron chi connectivity index (χ0n) is 16.7. The average molecular weight is 449 g/mol. The van der Waals surface area contributed by atoms with E-state index >= 15 is 0 Å². The summed E-state index contributed by atoms with van der Waals surface area (Å²) in [6.07, 6.45) is -1.16. The molecule has 3 N–H and O–H groups in total. The molecule has 0 saturated heterocycles. The summed E-state index contributed by atoms with van der Waals surface area (Å²) in [4.78, 5) is 12.5. The molecule has 2 aromatic carbocycles. The molecule has 168 valence electrons. The predicted octanol–water partition coefficient (Wildman–Crippen LogP) is 5.95. The number of rotatable bonds is 6. The van der Waals surface area contributed by atoms with Crippen LogP contribution in [-0.2, 0) is 0 Å². The van der Waals surface area contributed by atoms with Gasteiger partial charge < -0.3 is 16.0 Å². The summed E-state index contributed by atoms with van der Waals surface area (Å²) < 4.78 is 65.5. The van der Waals surface area contributed by atoms with Crippen LogP contribution in [0.15, 0.2) is 84.7 Å². The van der Waals surface area contributed by atoms with Gasteiger partial charge in [-0.1, -0.05) is 49.1 Å². The Morgan fingerprint density at radius 2 is 1.78 bits per heavy atom. The maximum Gasteiger partial charge on any atom is 0.395 e. The second-order valence-electron chi connectivity index (χ2n) is 7.12. The van der Waals surface area contributed by atoms with Crippen molar-refractivity contribution in [3.8, 4) is 0 Å². The molecular weight excluding hydrogens is 429 g/mol. The van der Waals surface area contributed by atoms with Crippen molar-refractivity contribution in [2.75, 3.05) is 5.32 Å². The van der Waals surface area contributed by atoms with Gasteiger partial charge in [-0.3, -0.25) is 0 Å². The maximum absolute atomic E-state index is 14.0. The molecule has 0 saturated carbocycles. The normalized spacial score (nSPS) is 16.7. The van der Waals surface area contributed by atoms with Crippen LogP contribution in [0.3, 0.4) is 0 Å². The summed E-state index contributed by atoms with van der Waals surface area (Å²) in [5.74, 6) is -3.17. The summed E-state index contributed by atoms with van der Waals surface area (Å²) >= 11 is 0. The lowest BCUT2D eigenvalue weighted by Crippen LogP contribution is -2.39. The number of carbonyl (C=O) groups excluding carboxylic acids is 1. The topological polar surface area (TPSA) is 53.2 Å². The van der Waals surface area contributed by atoms with E-state index in [1.807, 2.05) is 0 Å². The number of carbonyl (C=O) groups is 1. The van der Waals surface area contributed by atoms with Crippen LogP contribution in [0.5, 0.6) is 0 Å². The fourth-order valence-corrected chi connectivity index (χ4v) is 3.11. The highest BCUT2D eigenvalue weighted by Crippen LogP contribution is 2.32. The smallest absolute Gasteiger partial charge is 0.355 e. The molecule has 0 heterocycles. The first-order valence-electron chi connectivity index (χ1n) is 9.62. The molecule has 0 bridgehead atoms. The number of urea groups is 1. The van der Waals surface area contributed by atoms with Crippen LogP contribution in [0.25, 0.3) is 0 Å². The van der Waals surface area contributed by atoms with Crippen molar-refractivity contribution in [1.82, 2.24) is 10.6 Å². The van der Waals surface area contributed by atoms with Crippen LogP contribution in [0.4, 0.5) is 32.4 Å². The van der Waals surface area contributed by atoms with Gasteiger partial charge in [0.2, 0.25) is 0 Å². The van der Waals surface area contributed by atoms with Gasteiger partial charge in [0.25, 0.3) is 0 Å². The van der Waals surface area contributed by atoms with E-state index in [4.69, 9.17) is 0 Å². The van der Waals surface area contributed by atoms with Crippen LogP contribution < -0.4 is 16.0 Å². The van der Waals surface area contributed by atoms with E-state index in [2.05, 4.69) is 22.5 Å². The summed E-state index contributed by atoms with van der Waals surface area (Å²) in [7, 11) is 0. The van der Waals surface area contributed by atoms with Crippen LogP contribution in [0, 0.1) is 17.6 Å². The van der Waals surface area contributed by atoms with Crippen molar-refractivity contribution in [3.63, 3.8) is 0 Å². The Bertz CT molecular complexity index is 1050. The van der Waals surface area contributed by atoms with E-state index in [1.54, 1.807) is 30.3 Å². The predicted molar refractivity (Wildman–Crippen MR) is 111 cm³/mol. The number of alkyl halides is 3. The van der Waals surface area contributed by atoms with Crippen LogP contribution >= 0.6 is 0 Å². The number of hydrogen-bond acceptors (Lipinski definition) is 2. The van der Waals surface area contributed by atoms with E-state index in [0.29, 0.717) is 11.6 Å². The van der Waals surface area contributed by atoms with Gasteiger partial charge in [-0.15, -0.1) is 0 Å². The first-order valence-corrected chi connectivity index (χ1v) is 9.62. The van der Waals surface area contributed by atoms with Crippen LogP contribution in [-0.4, -0.2) is 12.2 Å². The Balaban J connectivity index is 1.71. The lowest BCUT2D eigenvalue weighted by atomic mass is 9.99. The fraction of sp³-hybridized carbons (Fsp3) is 0.174.